The van der Waals surface area contributed by atoms with Crippen molar-refractivity contribution in [3.63, 3.8) is 0 Å². The van der Waals surface area contributed by atoms with E-state index in [1.807, 2.05) is 0 Å². The van der Waals surface area contributed by atoms with Crippen LogP contribution in [0.3, 0.4) is 0 Å². The molecule has 16 heavy (non-hydrogen) atoms. The van der Waals surface area contributed by atoms with Gasteiger partial charge < -0.3 is 0 Å². The number of nitro groups is 1. The fourth-order valence-electron chi connectivity index (χ4n) is 1.13. The largest absolute Gasteiger partial charge is 0.416 e. The van der Waals surface area contributed by atoms with E-state index in [1.165, 1.54) is 0 Å². The molecule has 0 bridgehead atoms. The van der Waals surface area contributed by atoms with E-state index in [4.69, 9.17) is 0 Å². The smallest absolute Gasteiger partial charge is 0.258 e. The van der Waals surface area contributed by atoms with Gasteiger partial charge in [-0.15, -0.1) is 0 Å². The van der Waals surface area contributed by atoms with Crippen LogP contribution in [0.2, 0.25) is 0 Å². The molecule has 1 atom stereocenters. The molecule has 0 radical (unpaired) electrons. The molecule has 0 saturated carbocycles. The average molecular weight is 298 g/mol. The Hall–Kier alpha value is -1.11. The van der Waals surface area contributed by atoms with Gasteiger partial charge >= 0.3 is 6.18 Å². The SMILES string of the molecule is CC(Br)c1cc([N+](=O)[O-])cc(C(F)(F)F)c1. The summed E-state index contributed by atoms with van der Waals surface area (Å²) >= 11 is 3.08. The first-order valence-corrected chi connectivity index (χ1v) is 5.14. The van der Waals surface area contributed by atoms with Gasteiger partial charge in [-0.1, -0.05) is 15.9 Å². The fraction of sp³-hybridized carbons (Fsp3) is 0.333. The summed E-state index contributed by atoms with van der Waals surface area (Å²) in [6, 6.07) is 2.54. The quantitative estimate of drug-likeness (QED) is 0.469. The highest BCUT2D eigenvalue weighted by molar-refractivity contribution is 9.09. The highest BCUT2D eigenvalue weighted by Gasteiger charge is 2.33. The Kier molecular flexibility index (Phi) is 3.57. The fourth-order valence-corrected chi connectivity index (χ4v) is 1.40. The van der Waals surface area contributed by atoms with Crippen molar-refractivity contribution in [3.8, 4) is 0 Å². The minimum atomic E-state index is -4.58. The van der Waals surface area contributed by atoms with Crippen molar-refractivity contribution in [3.05, 3.63) is 39.4 Å². The number of rotatable bonds is 2. The van der Waals surface area contributed by atoms with Crippen LogP contribution >= 0.6 is 15.9 Å². The highest BCUT2D eigenvalue weighted by Crippen LogP contribution is 2.35. The molecule has 1 unspecified atom stereocenters. The number of alkyl halides is 4. The van der Waals surface area contributed by atoms with Crippen molar-refractivity contribution < 1.29 is 18.1 Å². The molecule has 1 aromatic carbocycles. The van der Waals surface area contributed by atoms with Crippen molar-refractivity contribution in [2.45, 2.75) is 17.9 Å². The Morgan fingerprint density at radius 3 is 2.31 bits per heavy atom. The Morgan fingerprint density at radius 1 is 1.38 bits per heavy atom. The van der Waals surface area contributed by atoms with Gasteiger partial charge in [-0.05, 0) is 18.6 Å². The lowest BCUT2D eigenvalue weighted by Crippen LogP contribution is -2.07. The second kappa shape index (κ2) is 4.40. The molecule has 0 N–H and O–H groups in total. The Bertz CT molecular complexity index is 418. The molecule has 0 amide bonds. The van der Waals surface area contributed by atoms with E-state index >= 15 is 0 Å². The van der Waals surface area contributed by atoms with Crippen molar-refractivity contribution in [1.29, 1.82) is 0 Å². The lowest BCUT2D eigenvalue weighted by atomic mass is 10.1. The van der Waals surface area contributed by atoms with Gasteiger partial charge in [-0.2, -0.15) is 13.2 Å². The molecule has 0 aliphatic heterocycles. The normalized spacial score (nSPS) is 13.6. The van der Waals surface area contributed by atoms with Crippen LogP contribution in [0, 0.1) is 10.1 Å². The van der Waals surface area contributed by atoms with Crippen LogP contribution in [0.4, 0.5) is 18.9 Å². The number of non-ortho nitro benzene ring substituents is 1. The van der Waals surface area contributed by atoms with Crippen LogP contribution in [-0.2, 0) is 6.18 Å². The second-order valence-corrected chi connectivity index (χ2v) is 4.56. The third kappa shape index (κ3) is 2.94. The van der Waals surface area contributed by atoms with E-state index < -0.39 is 22.4 Å². The van der Waals surface area contributed by atoms with Gasteiger partial charge in [0.25, 0.3) is 5.69 Å². The molecule has 7 heteroatoms. The minimum absolute atomic E-state index is 0.224. The Morgan fingerprint density at radius 2 is 1.94 bits per heavy atom. The van der Waals surface area contributed by atoms with Crippen LogP contribution in [0.5, 0.6) is 0 Å². The van der Waals surface area contributed by atoms with E-state index in [9.17, 15) is 23.3 Å². The number of benzene rings is 1. The van der Waals surface area contributed by atoms with Gasteiger partial charge in [0, 0.05) is 17.0 Å². The van der Waals surface area contributed by atoms with Crippen LogP contribution < -0.4 is 0 Å². The van der Waals surface area contributed by atoms with E-state index in [0.717, 1.165) is 12.1 Å². The van der Waals surface area contributed by atoms with Gasteiger partial charge in [0.05, 0.1) is 10.5 Å². The lowest BCUT2D eigenvalue weighted by molar-refractivity contribution is -0.385. The van der Waals surface area contributed by atoms with E-state index in [1.54, 1.807) is 6.92 Å². The summed E-state index contributed by atoms with van der Waals surface area (Å²) in [7, 11) is 0. The Labute approximate surface area is 97.5 Å². The molecule has 1 aromatic rings. The first-order valence-electron chi connectivity index (χ1n) is 4.22. The maximum Gasteiger partial charge on any atom is 0.416 e. The van der Waals surface area contributed by atoms with Gasteiger partial charge in [0.15, 0.2) is 0 Å². The molecule has 0 aromatic heterocycles. The van der Waals surface area contributed by atoms with Gasteiger partial charge in [-0.25, -0.2) is 0 Å². The number of nitrogens with zero attached hydrogens (tertiary/aromatic N) is 1. The molecule has 0 aliphatic rings. The predicted octanol–water partition coefficient (Wildman–Crippen LogP) is 4.07. The number of nitro benzene ring substituents is 1. The van der Waals surface area contributed by atoms with Crippen LogP contribution in [0.15, 0.2) is 18.2 Å². The third-order valence-electron chi connectivity index (χ3n) is 1.94. The van der Waals surface area contributed by atoms with Gasteiger partial charge in [-0.3, -0.25) is 10.1 Å². The Balaban J connectivity index is 3.36. The summed E-state index contributed by atoms with van der Waals surface area (Å²) in [6.07, 6.45) is -4.58. The standard InChI is InChI=1S/C9H7BrF3NO2/c1-5(10)6-2-7(9(11,12)13)4-8(3-6)14(15)16/h2-5H,1H3. The van der Waals surface area contributed by atoms with Crippen molar-refractivity contribution in [1.82, 2.24) is 0 Å². The van der Waals surface area contributed by atoms with Crippen molar-refractivity contribution >= 4 is 21.6 Å². The summed E-state index contributed by atoms with van der Waals surface area (Å²) in [5.41, 5.74) is -1.35. The van der Waals surface area contributed by atoms with Crippen molar-refractivity contribution in [2.24, 2.45) is 0 Å². The molecule has 3 nitrogen and oxygen atoms in total. The molecular formula is C9H7BrF3NO2. The zero-order valence-electron chi connectivity index (χ0n) is 8.08. The summed E-state index contributed by atoms with van der Waals surface area (Å²) in [6.45, 7) is 1.60. The molecule has 1 rings (SSSR count). The monoisotopic (exact) mass is 297 g/mol. The molecule has 0 heterocycles. The maximum atomic E-state index is 12.4. The van der Waals surface area contributed by atoms with Crippen molar-refractivity contribution in [2.75, 3.05) is 0 Å². The van der Waals surface area contributed by atoms with Crippen LogP contribution in [-0.4, -0.2) is 4.92 Å². The molecule has 88 valence electrons. The zero-order chi connectivity index (χ0) is 12.5. The second-order valence-electron chi connectivity index (χ2n) is 3.18. The summed E-state index contributed by atoms with van der Waals surface area (Å²) in [4.78, 5) is 9.26. The molecule has 0 aliphatic carbocycles. The first kappa shape index (κ1) is 13.0. The highest BCUT2D eigenvalue weighted by atomic mass is 79.9. The topological polar surface area (TPSA) is 43.1 Å². The maximum absolute atomic E-state index is 12.4. The lowest BCUT2D eigenvalue weighted by Gasteiger charge is -2.10. The first-order chi connectivity index (χ1) is 7.21. The van der Waals surface area contributed by atoms with Crippen LogP contribution in [0.1, 0.15) is 22.9 Å². The van der Waals surface area contributed by atoms with Gasteiger partial charge in [0.2, 0.25) is 0 Å². The minimum Gasteiger partial charge on any atom is -0.258 e. The van der Waals surface area contributed by atoms with Gasteiger partial charge in [0.1, 0.15) is 0 Å². The molecular weight excluding hydrogens is 291 g/mol. The number of hydrogen-bond donors (Lipinski definition) is 0. The molecule has 0 saturated heterocycles. The third-order valence-corrected chi connectivity index (χ3v) is 2.47. The molecule has 0 fully saturated rings. The summed E-state index contributed by atoms with van der Waals surface area (Å²) in [5.74, 6) is 0. The van der Waals surface area contributed by atoms with Crippen LogP contribution in [0.25, 0.3) is 0 Å². The number of halogens is 4. The van der Waals surface area contributed by atoms with E-state index in [0.29, 0.717) is 6.07 Å². The summed E-state index contributed by atoms with van der Waals surface area (Å²) < 4.78 is 37.3. The predicted molar refractivity (Wildman–Crippen MR) is 55.4 cm³/mol. The van der Waals surface area contributed by atoms with E-state index in [-0.39, 0.29) is 10.4 Å². The number of hydrogen-bond acceptors (Lipinski definition) is 2. The zero-order valence-corrected chi connectivity index (χ0v) is 9.67. The van der Waals surface area contributed by atoms with E-state index in [2.05, 4.69) is 15.9 Å². The average Bonchev–Trinajstić information content (AvgIpc) is 2.15. The molecule has 0 spiro atoms. The summed E-state index contributed by atoms with van der Waals surface area (Å²) in [5, 5.41) is 10.5.